The summed E-state index contributed by atoms with van der Waals surface area (Å²) in [7, 11) is -4.04. The Morgan fingerprint density at radius 2 is 1.73 bits per heavy atom. The molecule has 0 saturated carbocycles. The minimum Gasteiger partial charge on any atom is -0.312 e. The molecule has 0 atom stereocenters. The predicted octanol–water partition coefficient (Wildman–Crippen LogP) is 2.99. The number of halogens is 2. The quantitative estimate of drug-likeness (QED) is 0.893. The number of nitrogens with zero attached hydrogens (tertiary/aromatic N) is 1. The van der Waals surface area contributed by atoms with E-state index in [0.717, 1.165) is 35.4 Å². The Kier molecular flexibility index (Phi) is 3.95. The Morgan fingerprint density at radius 3 is 2.46 bits per heavy atom. The van der Waals surface area contributed by atoms with E-state index < -0.39 is 21.7 Å². The van der Waals surface area contributed by atoms with Gasteiger partial charge in [-0.3, -0.25) is 9.52 Å². The first-order valence-electron chi connectivity index (χ1n) is 8.29. The van der Waals surface area contributed by atoms with Crippen molar-refractivity contribution in [2.24, 2.45) is 0 Å². The van der Waals surface area contributed by atoms with Crippen LogP contribution in [0.2, 0.25) is 0 Å². The molecule has 0 saturated heterocycles. The highest BCUT2D eigenvalue weighted by molar-refractivity contribution is 7.92. The topological polar surface area (TPSA) is 66.5 Å². The Hall–Kier alpha value is -2.48. The lowest BCUT2D eigenvalue weighted by molar-refractivity contribution is -0.119. The number of carbonyl (C=O) groups excluding carboxylic acids is 1. The van der Waals surface area contributed by atoms with Crippen molar-refractivity contribution in [1.82, 2.24) is 0 Å². The van der Waals surface area contributed by atoms with Gasteiger partial charge in [-0.05, 0) is 54.7 Å². The minimum atomic E-state index is -4.04. The summed E-state index contributed by atoms with van der Waals surface area (Å²) in [6.07, 6.45) is 2.27. The van der Waals surface area contributed by atoms with Crippen LogP contribution in [0.25, 0.3) is 0 Å². The van der Waals surface area contributed by atoms with Crippen molar-refractivity contribution < 1.29 is 22.0 Å². The molecule has 0 radical (unpaired) electrons. The van der Waals surface area contributed by atoms with E-state index in [1.54, 1.807) is 4.90 Å². The van der Waals surface area contributed by atoms with Crippen molar-refractivity contribution in [3.63, 3.8) is 0 Å². The Labute approximate surface area is 149 Å². The molecule has 2 heterocycles. The first kappa shape index (κ1) is 17.0. The molecule has 2 aliphatic rings. The van der Waals surface area contributed by atoms with Gasteiger partial charge in [0, 0.05) is 19.0 Å². The lowest BCUT2D eigenvalue weighted by Gasteiger charge is -2.35. The van der Waals surface area contributed by atoms with Crippen molar-refractivity contribution in [1.29, 1.82) is 0 Å². The summed E-state index contributed by atoms with van der Waals surface area (Å²) < 4.78 is 54.4. The predicted molar refractivity (Wildman–Crippen MR) is 92.6 cm³/mol. The average molecular weight is 378 g/mol. The van der Waals surface area contributed by atoms with Gasteiger partial charge in [0.2, 0.25) is 5.91 Å². The molecule has 8 heteroatoms. The summed E-state index contributed by atoms with van der Waals surface area (Å²) in [6.45, 7) is 0.643. The third-order valence-electron chi connectivity index (χ3n) is 4.73. The van der Waals surface area contributed by atoms with Gasteiger partial charge in [0.15, 0.2) is 0 Å². The molecule has 26 heavy (non-hydrogen) atoms. The van der Waals surface area contributed by atoms with E-state index in [1.807, 2.05) is 0 Å². The fourth-order valence-electron chi connectivity index (χ4n) is 3.55. The maximum absolute atomic E-state index is 13.8. The zero-order valence-corrected chi connectivity index (χ0v) is 14.6. The Morgan fingerprint density at radius 1 is 1.00 bits per heavy atom. The van der Waals surface area contributed by atoms with E-state index in [0.29, 0.717) is 31.9 Å². The SMILES string of the molecule is O=C1CCc2cc(S(=O)(=O)Nc3ccc(F)cc3F)cc3c2N1CCC3. The first-order valence-corrected chi connectivity index (χ1v) is 9.77. The summed E-state index contributed by atoms with van der Waals surface area (Å²) in [4.78, 5) is 13.8. The molecule has 4 rings (SSSR count). The van der Waals surface area contributed by atoms with Crippen molar-refractivity contribution >= 4 is 27.3 Å². The maximum atomic E-state index is 13.8. The summed E-state index contributed by atoms with van der Waals surface area (Å²) in [5.41, 5.74) is 2.12. The summed E-state index contributed by atoms with van der Waals surface area (Å²) >= 11 is 0. The van der Waals surface area contributed by atoms with Crippen LogP contribution in [0, 0.1) is 11.6 Å². The number of rotatable bonds is 3. The van der Waals surface area contributed by atoms with Crippen LogP contribution in [0.15, 0.2) is 35.2 Å². The fraction of sp³-hybridized carbons (Fsp3) is 0.278. The summed E-state index contributed by atoms with van der Waals surface area (Å²) in [5, 5.41) is 0. The van der Waals surface area contributed by atoms with Crippen molar-refractivity contribution in [2.45, 2.75) is 30.6 Å². The van der Waals surface area contributed by atoms with Gasteiger partial charge in [0.25, 0.3) is 10.0 Å². The number of benzene rings is 2. The third kappa shape index (κ3) is 2.84. The average Bonchev–Trinajstić information content (AvgIpc) is 2.60. The molecule has 0 spiro atoms. The van der Waals surface area contributed by atoms with Crippen molar-refractivity contribution in [2.75, 3.05) is 16.2 Å². The molecule has 1 amide bonds. The first-order chi connectivity index (χ1) is 12.3. The standard InChI is InChI=1S/C18H16F2N2O3S/c19-13-4-5-16(15(20)10-13)21-26(24,25)14-8-11-2-1-7-22-17(23)6-3-12(9-14)18(11)22/h4-5,8-10,21H,1-3,6-7H2. The lowest BCUT2D eigenvalue weighted by atomic mass is 9.92. The van der Waals surface area contributed by atoms with E-state index in [4.69, 9.17) is 0 Å². The molecule has 0 bridgehead atoms. The molecular weight excluding hydrogens is 362 g/mol. The van der Waals surface area contributed by atoms with Crippen LogP contribution in [-0.2, 0) is 27.7 Å². The zero-order valence-electron chi connectivity index (χ0n) is 13.8. The molecule has 0 fully saturated rings. The number of carbonyl (C=O) groups is 1. The molecule has 0 unspecified atom stereocenters. The second kappa shape index (κ2) is 6.05. The van der Waals surface area contributed by atoms with Crippen LogP contribution in [0.5, 0.6) is 0 Å². The highest BCUT2D eigenvalue weighted by Crippen LogP contribution is 2.37. The van der Waals surface area contributed by atoms with Crippen LogP contribution in [0.4, 0.5) is 20.2 Å². The maximum Gasteiger partial charge on any atom is 0.262 e. The molecule has 2 aromatic carbocycles. The van der Waals surface area contributed by atoms with E-state index in [9.17, 15) is 22.0 Å². The highest BCUT2D eigenvalue weighted by Gasteiger charge is 2.31. The van der Waals surface area contributed by atoms with Gasteiger partial charge in [0.1, 0.15) is 11.6 Å². The van der Waals surface area contributed by atoms with Crippen LogP contribution in [0.3, 0.4) is 0 Å². The summed E-state index contributed by atoms with van der Waals surface area (Å²) in [6, 6.07) is 5.73. The Balaban J connectivity index is 1.75. The monoisotopic (exact) mass is 378 g/mol. The largest absolute Gasteiger partial charge is 0.312 e. The van der Waals surface area contributed by atoms with Crippen molar-refractivity contribution in [3.05, 3.63) is 53.1 Å². The summed E-state index contributed by atoms with van der Waals surface area (Å²) in [5.74, 6) is -1.71. The van der Waals surface area contributed by atoms with Gasteiger partial charge in [-0.15, -0.1) is 0 Å². The number of sulfonamides is 1. The van der Waals surface area contributed by atoms with Gasteiger partial charge < -0.3 is 4.90 Å². The zero-order chi connectivity index (χ0) is 18.5. The van der Waals surface area contributed by atoms with Crippen molar-refractivity contribution in [3.8, 4) is 0 Å². The van der Waals surface area contributed by atoms with Crippen LogP contribution in [-0.4, -0.2) is 20.9 Å². The Bertz CT molecular complexity index is 1000. The normalized spacial score (nSPS) is 16.4. The molecule has 0 aliphatic carbocycles. The van der Waals surface area contributed by atoms with E-state index >= 15 is 0 Å². The molecule has 5 nitrogen and oxygen atoms in total. The highest BCUT2D eigenvalue weighted by atomic mass is 32.2. The lowest BCUT2D eigenvalue weighted by Crippen LogP contribution is -2.39. The molecular formula is C18H16F2N2O3S. The molecule has 136 valence electrons. The molecule has 1 N–H and O–H groups in total. The molecule has 2 aromatic rings. The fourth-order valence-corrected chi connectivity index (χ4v) is 4.72. The number of aryl methyl sites for hydroxylation is 2. The molecule has 0 aromatic heterocycles. The number of hydrogen-bond acceptors (Lipinski definition) is 3. The van der Waals surface area contributed by atoms with E-state index in [2.05, 4.69) is 4.72 Å². The number of anilines is 2. The van der Waals surface area contributed by atoms with Crippen LogP contribution >= 0.6 is 0 Å². The number of amides is 1. The van der Waals surface area contributed by atoms with E-state index in [1.165, 1.54) is 12.1 Å². The van der Waals surface area contributed by atoms with Crippen LogP contribution < -0.4 is 9.62 Å². The van der Waals surface area contributed by atoms with Crippen LogP contribution in [0.1, 0.15) is 24.0 Å². The van der Waals surface area contributed by atoms with Gasteiger partial charge in [-0.1, -0.05) is 0 Å². The minimum absolute atomic E-state index is 0.0196. The number of hydrogen-bond donors (Lipinski definition) is 1. The second-order valence-electron chi connectivity index (χ2n) is 6.47. The van der Waals surface area contributed by atoms with E-state index in [-0.39, 0.29) is 16.5 Å². The smallest absolute Gasteiger partial charge is 0.262 e. The van der Waals surface area contributed by atoms with Gasteiger partial charge >= 0.3 is 0 Å². The van der Waals surface area contributed by atoms with Gasteiger partial charge in [0.05, 0.1) is 16.3 Å². The van der Waals surface area contributed by atoms with Gasteiger partial charge in [-0.25, -0.2) is 17.2 Å². The van der Waals surface area contributed by atoms with Gasteiger partial charge in [-0.2, -0.15) is 0 Å². The second-order valence-corrected chi connectivity index (χ2v) is 8.15. The number of nitrogens with one attached hydrogen (secondary N) is 1. The molecule has 2 aliphatic heterocycles. The third-order valence-corrected chi connectivity index (χ3v) is 6.08.